The number of hydrogen-bond acceptors (Lipinski definition) is 1. The van der Waals surface area contributed by atoms with Gasteiger partial charge in [0.15, 0.2) is 0 Å². The molecule has 9 aromatic carbocycles. The summed E-state index contributed by atoms with van der Waals surface area (Å²) in [6.45, 7) is 0. The van der Waals surface area contributed by atoms with Gasteiger partial charge >= 0.3 is 0 Å². The highest BCUT2D eigenvalue weighted by Crippen LogP contribution is 2.47. The molecule has 0 bridgehead atoms. The Balaban J connectivity index is 1.12. The number of hydrogen-bond donors (Lipinski definition) is 0. The zero-order valence-corrected chi connectivity index (χ0v) is 24.4. The lowest BCUT2D eigenvalue weighted by molar-refractivity contribution is 0.487. The van der Waals surface area contributed by atoms with Gasteiger partial charge in [-0.25, -0.2) is 0 Å². The summed E-state index contributed by atoms with van der Waals surface area (Å²) in [6.07, 6.45) is 0. The molecule has 0 saturated carbocycles. The number of rotatable bonds is 2. The third-order valence-electron chi connectivity index (χ3n) is 9.59. The molecule has 208 valence electrons. The molecule has 1 heterocycles. The van der Waals surface area contributed by atoms with Crippen molar-refractivity contribution >= 4 is 53.9 Å². The van der Waals surface area contributed by atoms with Crippen LogP contribution in [0.5, 0.6) is 11.5 Å². The van der Waals surface area contributed by atoms with Gasteiger partial charge in [0.25, 0.3) is 0 Å². The van der Waals surface area contributed by atoms with Crippen LogP contribution in [0.1, 0.15) is 0 Å². The summed E-state index contributed by atoms with van der Waals surface area (Å²) in [7, 11) is 0. The zero-order chi connectivity index (χ0) is 29.5. The van der Waals surface area contributed by atoms with E-state index in [1.165, 1.54) is 81.7 Å². The van der Waals surface area contributed by atoms with Crippen LogP contribution in [0.2, 0.25) is 0 Å². The zero-order valence-electron chi connectivity index (χ0n) is 24.4. The van der Waals surface area contributed by atoms with E-state index in [0.29, 0.717) is 0 Å². The van der Waals surface area contributed by atoms with Crippen LogP contribution in [0.4, 0.5) is 0 Å². The van der Waals surface area contributed by atoms with Gasteiger partial charge in [-0.05, 0) is 113 Å². The molecule has 0 unspecified atom stereocenters. The van der Waals surface area contributed by atoms with Crippen molar-refractivity contribution in [2.24, 2.45) is 0 Å². The lowest BCUT2D eigenvalue weighted by Crippen LogP contribution is -1.97. The fourth-order valence-electron chi connectivity index (χ4n) is 7.46. The normalized spacial score (nSPS) is 12.2. The molecule has 0 aliphatic carbocycles. The molecule has 0 radical (unpaired) electrons. The second-order valence-corrected chi connectivity index (χ2v) is 12.1. The summed E-state index contributed by atoms with van der Waals surface area (Å²) in [5.41, 5.74) is 7.29. The van der Waals surface area contributed by atoms with E-state index in [1.807, 2.05) is 0 Å². The smallest absolute Gasteiger partial charge is 0.135 e. The maximum atomic E-state index is 6.35. The van der Waals surface area contributed by atoms with E-state index in [0.717, 1.165) is 17.1 Å². The summed E-state index contributed by atoms with van der Waals surface area (Å²) >= 11 is 0. The average Bonchev–Trinajstić information content (AvgIpc) is 3.10. The fourth-order valence-corrected chi connectivity index (χ4v) is 7.46. The number of benzene rings is 9. The van der Waals surface area contributed by atoms with E-state index in [1.54, 1.807) is 0 Å². The van der Waals surface area contributed by atoms with Crippen LogP contribution in [0.15, 0.2) is 158 Å². The highest BCUT2D eigenvalue weighted by molar-refractivity contribution is 6.20. The summed E-state index contributed by atoms with van der Waals surface area (Å²) in [5.74, 6) is 1.84. The predicted octanol–water partition coefficient (Wildman–Crippen LogP) is 12.6. The summed E-state index contributed by atoms with van der Waals surface area (Å²) < 4.78 is 6.35. The Hall–Kier alpha value is -5.92. The largest absolute Gasteiger partial charge is 0.456 e. The van der Waals surface area contributed by atoms with Crippen molar-refractivity contribution in [2.75, 3.05) is 0 Å². The molecular weight excluding hydrogens is 544 g/mol. The number of ether oxygens (including phenoxy) is 1. The second-order valence-electron chi connectivity index (χ2n) is 12.1. The molecule has 0 aromatic heterocycles. The third-order valence-corrected chi connectivity index (χ3v) is 9.59. The Labute approximate surface area is 260 Å². The Morgan fingerprint density at radius 3 is 1.87 bits per heavy atom. The molecule has 1 heteroatoms. The van der Waals surface area contributed by atoms with E-state index >= 15 is 0 Å². The van der Waals surface area contributed by atoms with Crippen LogP contribution >= 0.6 is 0 Å². The van der Waals surface area contributed by atoms with Crippen molar-refractivity contribution in [3.05, 3.63) is 158 Å². The van der Waals surface area contributed by atoms with Crippen molar-refractivity contribution in [3.63, 3.8) is 0 Å². The second kappa shape index (κ2) is 9.29. The van der Waals surface area contributed by atoms with Crippen molar-refractivity contribution in [1.29, 1.82) is 0 Å². The maximum Gasteiger partial charge on any atom is 0.135 e. The maximum absolute atomic E-state index is 6.35. The quantitative estimate of drug-likeness (QED) is 0.148. The van der Waals surface area contributed by atoms with Gasteiger partial charge < -0.3 is 4.74 Å². The topological polar surface area (TPSA) is 9.23 Å². The highest BCUT2D eigenvalue weighted by atomic mass is 16.5. The van der Waals surface area contributed by atoms with Gasteiger partial charge in [-0.15, -0.1) is 0 Å². The van der Waals surface area contributed by atoms with Crippen molar-refractivity contribution in [2.45, 2.75) is 0 Å². The standard InChI is InChI=1S/C44H26O/c1-3-11-35-27(7-1)19-21-38-39(35)26-33-8-2-4-12-36(33)43(38)34-18-17-29-23-30(15-16-31(29)24-34)32-20-22-41-40(25-32)37-13-5-9-28-10-6-14-42(45-41)44(28)37/h1-26H. The third kappa shape index (κ3) is 3.68. The van der Waals surface area contributed by atoms with Gasteiger partial charge in [-0.2, -0.15) is 0 Å². The van der Waals surface area contributed by atoms with E-state index in [9.17, 15) is 0 Å². The monoisotopic (exact) mass is 570 g/mol. The van der Waals surface area contributed by atoms with Crippen LogP contribution < -0.4 is 4.74 Å². The first-order chi connectivity index (χ1) is 22.3. The molecule has 0 fully saturated rings. The first-order valence-electron chi connectivity index (χ1n) is 15.5. The molecule has 45 heavy (non-hydrogen) atoms. The Kier molecular flexibility index (Phi) is 5.06. The fraction of sp³-hybridized carbons (Fsp3) is 0. The molecule has 1 nitrogen and oxygen atoms in total. The van der Waals surface area contributed by atoms with Crippen molar-refractivity contribution < 1.29 is 4.74 Å². The van der Waals surface area contributed by atoms with E-state index < -0.39 is 0 Å². The summed E-state index contributed by atoms with van der Waals surface area (Å²) in [4.78, 5) is 0. The van der Waals surface area contributed by atoms with E-state index in [4.69, 9.17) is 4.74 Å². The lowest BCUT2D eigenvalue weighted by Gasteiger charge is -2.22. The molecular formula is C44H26O. The Bertz CT molecular complexity index is 2670. The van der Waals surface area contributed by atoms with Gasteiger partial charge in [0.05, 0.1) is 0 Å². The summed E-state index contributed by atoms with van der Waals surface area (Å²) in [6, 6.07) is 57.5. The minimum atomic E-state index is 0.908. The van der Waals surface area contributed by atoms with E-state index in [2.05, 4.69) is 158 Å². The Morgan fingerprint density at radius 2 is 0.978 bits per heavy atom. The van der Waals surface area contributed by atoms with Crippen molar-refractivity contribution in [1.82, 2.24) is 0 Å². The van der Waals surface area contributed by atoms with Gasteiger partial charge in [0, 0.05) is 10.9 Å². The van der Waals surface area contributed by atoms with Crippen LogP contribution in [0, 0.1) is 0 Å². The van der Waals surface area contributed by atoms with Crippen molar-refractivity contribution in [3.8, 4) is 44.9 Å². The van der Waals surface area contributed by atoms with Crippen LogP contribution in [0.25, 0.3) is 87.2 Å². The molecule has 0 N–H and O–H groups in total. The van der Waals surface area contributed by atoms with E-state index in [-0.39, 0.29) is 0 Å². The van der Waals surface area contributed by atoms with Gasteiger partial charge in [-0.1, -0.05) is 121 Å². The molecule has 0 spiro atoms. The van der Waals surface area contributed by atoms with Crippen LogP contribution in [-0.2, 0) is 0 Å². The first-order valence-corrected chi connectivity index (χ1v) is 15.5. The predicted molar refractivity (Wildman–Crippen MR) is 190 cm³/mol. The molecule has 0 atom stereocenters. The number of fused-ring (bicyclic) bond motifs is 7. The van der Waals surface area contributed by atoms with Crippen LogP contribution in [-0.4, -0.2) is 0 Å². The highest BCUT2D eigenvalue weighted by Gasteiger charge is 2.20. The molecule has 0 saturated heterocycles. The molecule has 10 rings (SSSR count). The Morgan fingerprint density at radius 1 is 0.311 bits per heavy atom. The van der Waals surface area contributed by atoms with Gasteiger partial charge in [0.1, 0.15) is 11.5 Å². The van der Waals surface area contributed by atoms with Crippen LogP contribution in [0.3, 0.4) is 0 Å². The molecule has 0 amide bonds. The van der Waals surface area contributed by atoms with Gasteiger partial charge in [-0.3, -0.25) is 0 Å². The van der Waals surface area contributed by atoms with Gasteiger partial charge in [0.2, 0.25) is 0 Å². The summed E-state index contributed by atoms with van der Waals surface area (Å²) in [5, 5.41) is 12.5. The SMILES string of the molecule is c1ccc2c(-c3ccc4cc(-c5ccc6c(c5)-c5cccc7cccc(c57)O6)ccc4c3)c3ccc4ccccc4c3cc2c1. The minimum Gasteiger partial charge on any atom is -0.456 e. The lowest BCUT2D eigenvalue weighted by atomic mass is 9.88. The average molecular weight is 571 g/mol. The molecule has 1 aliphatic heterocycles. The first kappa shape index (κ1) is 24.5. The molecule has 9 aromatic rings. The minimum absolute atomic E-state index is 0.908. The molecule has 1 aliphatic rings.